The number of hydrogen-bond acceptors (Lipinski definition) is 6. The van der Waals surface area contributed by atoms with Crippen molar-refractivity contribution in [1.29, 1.82) is 10.5 Å². The van der Waals surface area contributed by atoms with Crippen molar-refractivity contribution in [3.8, 4) is 12.1 Å². The molecule has 1 aromatic carbocycles. The van der Waals surface area contributed by atoms with Gasteiger partial charge in [0.15, 0.2) is 0 Å². The smallest absolute Gasteiger partial charge is 0.261 e. The predicted molar refractivity (Wildman–Crippen MR) is 95.7 cm³/mol. The Morgan fingerprint density at radius 2 is 1.71 bits per heavy atom. The summed E-state index contributed by atoms with van der Waals surface area (Å²) in [7, 11) is 0. The fourth-order valence-electron chi connectivity index (χ4n) is 2.99. The minimum absolute atomic E-state index is 0.0130. The molecule has 2 heterocycles. The van der Waals surface area contributed by atoms with E-state index < -0.39 is 17.7 Å². The minimum atomic E-state index is -0.494. The number of nitriles is 2. The van der Waals surface area contributed by atoms with Gasteiger partial charge in [0.1, 0.15) is 5.76 Å². The molecule has 0 aliphatic carbocycles. The molecular formula is C20H16N4O4. The van der Waals surface area contributed by atoms with Gasteiger partial charge in [0.25, 0.3) is 17.7 Å². The Bertz CT molecular complexity index is 980. The highest BCUT2D eigenvalue weighted by molar-refractivity contribution is 6.22. The second-order valence-corrected chi connectivity index (χ2v) is 6.14. The van der Waals surface area contributed by atoms with Crippen molar-refractivity contribution in [3.63, 3.8) is 0 Å². The monoisotopic (exact) mass is 376 g/mol. The summed E-state index contributed by atoms with van der Waals surface area (Å²) >= 11 is 0. The zero-order valence-corrected chi connectivity index (χ0v) is 14.9. The number of hydrogen-bond donors (Lipinski definition) is 0. The molecule has 1 aliphatic rings. The molecule has 2 aromatic rings. The highest BCUT2D eigenvalue weighted by atomic mass is 16.3. The van der Waals surface area contributed by atoms with E-state index in [1.54, 1.807) is 12.1 Å². The molecule has 8 heteroatoms. The zero-order chi connectivity index (χ0) is 20.1. The van der Waals surface area contributed by atoms with E-state index in [0.717, 1.165) is 4.90 Å². The van der Waals surface area contributed by atoms with Crippen molar-refractivity contribution in [2.75, 3.05) is 13.1 Å². The maximum atomic E-state index is 12.8. The normalized spacial score (nSPS) is 12.4. The summed E-state index contributed by atoms with van der Waals surface area (Å²) in [5.74, 6) is -0.851. The van der Waals surface area contributed by atoms with E-state index >= 15 is 0 Å². The van der Waals surface area contributed by atoms with Gasteiger partial charge in [-0.25, -0.2) is 0 Å². The number of amides is 3. The van der Waals surface area contributed by atoms with Gasteiger partial charge in [-0.2, -0.15) is 10.5 Å². The van der Waals surface area contributed by atoms with E-state index in [1.165, 1.54) is 29.4 Å². The Labute approximate surface area is 161 Å². The third-order valence-electron chi connectivity index (χ3n) is 4.39. The number of benzene rings is 1. The van der Waals surface area contributed by atoms with Crippen LogP contribution in [0, 0.1) is 22.7 Å². The van der Waals surface area contributed by atoms with Crippen molar-refractivity contribution in [2.24, 2.45) is 0 Å². The SMILES string of the molecule is N#CCCN(CCC#N)C(=O)c1ccc2c(c1)C(=O)N(Cc1ccco1)C2=O. The van der Waals surface area contributed by atoms with Crippen LogP contribution in [0.2, 0.25) is 0 Å². The number of nitrogens with zero attached hydrogens (tertiary/aromatic N) is 4. The molecule has 0 saturated heterocycles. The van der Waals surface area contributed by atoms with Crippen LogP contribution in [0.4, 0.5) is 0 Å². The zero-order valence-electron chi connectivity index (χ0n) is 14.9. The third kappa shape index (κ3) is 3.62. The molecule has 28 heavy (non-hydrogen) atoms. The van der Waals surface area contributed by atoms with E-state index in [-0.39, 0.29) is 49.2 Å². The van der Waals surface area contributed by atoms with Gasteiger partial charge in [0, 0.05) is 18.7 Å². The summed E-state index contributed by atoms with van der Waals surface area (Å²) in [5, 5.41) is 17.5. The Morgan fingerprint density at radius 3 is 2.32 bits per heavy atom. The number of carbonyl (C=O) groups is 3. The van der Waals surface area contributed by atoms with E-state index in [4.69, 9.17) is 14.9 Å². The second-order valence-electron chi connectivity index (χ2n) is 6.14. The molecule has 0 unspecified atom stereocenters. The van der Waals surface area contributed by atoms with Gasteiger partial charge in [-0.15, -0.1) is 0 Å². The first-order valence-electron chi connectivity index (χ1n) is 8.62. The molecule has 0 bridgehead atoms. The second kappa shape index (κ2) is 8.19. The Balaban J connectivity index is 1.84. The summed E-state index contributed by atoms with van der Waals surface area (Å²) in [5.41, 5.74) is 0.618. The van der Waals surface area contributed by atoms with Crippen molar-refractivity contribution in [2.45, 2.75) is 19.4 Å². The van der Waals surface area contributed by atoms with Crippen molar-refractivity contribution < 1.29 is 18.8 Å². The molecule has 0 fully saturated rings. The van der Waals surface area contributed by atoms with E-state index in [0.29, 0.717) is 5.76 Å². The maximum absolute atomic E-state index is 12.8. The highest BCUT2D eigenvalue weighted by Gasteiger charge is 2.36. The fourth-order valence-corrected chi connectivity index (χ4v) is 2.99. The molecule has 1 aromatic heterocycles. The van der Waals surface area contributed by atoms with Gasteiger partial charge in [-0.05, 0) is 30.3 Å². The number of rotatable bonds is 7. The quantitative estimate of drug-likeness (QED) is 0.684. The average Bonchev–Trinajstić information content (AvgIpc) is 3.30. The molecule has 1 aliphatic heterocycles. The van der Waals surface area contributed by atoms with Crippen LogP contribution < -0.4 is 0 Å². The van der Waals surface area contributed by atoms with Crippen molar-refractivity contribution in [3.05, 3.63) is 59.0 Å². The Morgan fingerprint density at radius 1 is 1.04 bits per heavy atom. The van der Waals surface area contributed by atoms with Gasteiger partial charge in [-0.1, -0.05) is 0 Å². The molecule has 0 radical (unpaired) electrons. The predicted octanol–water partition coefficient (Wildman–Crippen LogP) is 2.35. The summed E-state index contributed by atoms with van der Waals surface area (Å²) in [6.45, 7) is 0.385. The summed E-state index contributed by atoms with van der Waals surface area (Å²) in [4.78, 5) is 40.4. The van der Waals surface area contributed by atoms with Crippen molar-refractivity contribution in [1.82, 2.24) is 9.80 Å². The van der Waals surface area contributed by atoms with Gasteiger partial charge in [-0.3, -0.25) is 19.3 Å². The molecule has 0 saturated carbocycles. The highest BCUT2D eigenvalue weighted by Crippen LogP contribution is 2.26. The molecule has 0 spiro atoms. The van der Waals surface area contributed by atoms with Crippen LogP contribution in [-0.4, -0.2) is 40.6 Å². The molecular weight excluding hydrogens is 360 g/mol. The molecule has 3 rings (SSSR count). The molecule has 8 nitrogen and oxygen atoms in total. The topological polar surface area (TPSA) is 118 Å². The third-order valence-corrected chi connectivity index (χ3v) is 4.39. The first-order valence-corrected chi connectivity index (χ1v) is 8.62. The van der Waals surface area contributed by atoms with Crippen LogP contribution in [0.15, 0.2) is 41.0 Å². The first-order chi connectivity index (χ1) is 13.6. The van der Waals surface area contributed by atoms with Crippen LogP contribution in [0.25, 0.3) is 0 Å². The molecule has 140 valence electrons. The fraction of sp³-hybridized carbons (Fsp3) is 0.250. The number of imide groups is 1. The van der Waals surface area contributed by atoms with Crippen molar-refractivity contribution >= 4 is 17.7 Å². The average molecular weight is 376 g/mol. The molecule has 0 atom stereocenters. The van der Waals surface area contributed by atoms with Gasteiger partial charge in [0.05, 0.1) is 48.9 Å². The van der Waals surface area contributed by atoms with Crippen LogP contribution >= 0.6 is 0 Å². The lowest BCUT2D eigenvalue weighted by atomic mass is 10.0. The lowest BCUT2D eigenvalue weighted by Gasteiger charge is -2.20. The van der Waals surface area contributed by atoms with Crippen LogP contribution in [-0.2, 0) is 6.54 Å². The van der Waals surface area contributed by atoms with E-state index in [9.17, 15) is 14.4 Å². The summed E-state index contributed by atoms with van der Waals surface area (Å²) in [6.07, 6.45) is 1.73. The number of furan rings is 1. The largest absolute Gasteiger partial charge is 0.467 e. The number of carbonyl (C=O) groups excluding carboxylic acids is 3. The Kier molecular flexibility index (Phi) is 5.52. The van der Waals surface area contributed by atoms with Crippen LogP contribution in [0.3, 0.4) is 0 Å². The Hall–Kier alpha value is -3.91. The lowest BCUT2D eigenvalue weighted by molar-refractivity contribution is 0.0631. The van der Waals surface area contributed by atoms with E-state index in [2.05, 4.69) is 0 Å². The van der Waals surface area contributed by atoms with E-state index in [1.807, 2.05) is 12.1 Å². The van der Waals surface area contributed by atoms with Gasteiger partial charge < -0.3 is 9.32 Å². The molecule has 0 N–H and O–H groups in total. The van der Waals surface area contributed by atoms with Gasteiger partial charge >= 0.3 is 0 Å². The summed E-state index contributed by atoms with van der Waals surface area (Å²) < 4.78 is 5.20. The lowest BCUT2D eigenvalue weighted by Crippen LogP contribution is -2.33. The maximum Gasteiger partial charge on any atom is 0.261 e. The van der Waals surface area contributed by atoms with Crippen LogP contribution in [0.5, 0.6) is 0 Å². The summed E-state index contributed by atoms with van der Waals surface area (Å²) in [6, 6.07) is 11.6. The minimum Gasteiger partial charge on any atom is -0.467 e. The molecule has 3 amide bonds. The standard InChI is InChI=1S/C20H16N4O4/c21-7-2-9-23(10-3-8-22)18(25)14-5-6-16-17(12-14)20(27)24(19(16)26)13-15-4-1-11-28-15/h1,4-6,11-12H,2-3,9-10,13H2. The van der Waals surface area contributed by atoms with Gasteiger partial charge in [0.2, 0.25) is 0 Å². The number of fused-ring (bicyclic) bond motifs is 1. The first kappa shape index (κ1) is 18.9. The van der Waals surface area contributed by atoms with Crippen LogP contribution in [0.1, 0.15) is 49.7 Å².